The van der Waals surface area contributed by atoms with Crippen molar-refractivity contribution >= 4 is 71.4 Å². The zero-order valence-electron chi connectivity index (χ0n) is 33.2. The summed E-state index contributed by atoms with van der Waals surface area (Å²) < 4.78 is 9.41. The van der Waals surface area contributed by atoms with Crippen molar-refractivity contribution in [2.75, 3.05) is 4.90 Å². The fourth-order valence-electron chi connectivity index (χ4n) is 9.41. The lowest BCUT2D eigenvalue weighted by atomic mass is 9.92. The lowest BCUT2D eigenvalue weighted by molar-refractivity contribution is 0.636. The van der Waals surface area contributed by atoms with Crippen molar-refractivity contribution in [2.45, 2.75) is 0 Å². The maximum Gasteiger partial charge on any atom is 0.143 e. The first-order valence-corrected chi connectivity index (χ1v) is 20.8. The molecule has 0 radical (unpaired) electrons. The van der Waals surface area contributed by atoms with Crippen LogP contribution in [0.3, 0.4) is 0 Å². The minimum Gasteiger partial charge on any atom is -0.455 e. The second-order valence-electron chi connectivity index (χ2n) is 15.7. The Hall–Kier alpha value is -8.14. The molecule has 12 aromatic rings. The van der Waals surface area contributed by atoms with Crippen LogP contribution in [-0.4, -0.2) is 4.57 Å². The molecule has 0 saturated carbocycles. The largest absolute Gasteiger partial charge is 0.455 e. The van der Waals surface area contributed by atoms with Gasteiger partial charge in [0, 0.05) is 55.4 Å². The van der Waals surface area contributed by atoms with Crippen LogP contribution in [0.15, 0.2) is 235 Å². The first-order valence-electron chi connectivity index (χ1n) is 20.8. The van der Waals surface area contributed by atoms with Crippen LogP contribution in [0.4, 0.5) is 17.1 Å². The molecule has 0 N–H and O–H groups in total. The van der Waals surface area contributed by atoms with Crippen LogP contribution in [0.1, 0.15) is 0 Å². The van der Waals surface area contributed by atoms with Gasteiger partial charge in [-0.2, -0.15) is 0 Å². The number of nitrogens with zero attached hydrogens (tertiary/aromatic N) is 2. The molecular formula is C58H38N2O. The van der Waals surface area contributed by atoms with Crippen LogP contribution in [0, 0.1) is 0 Å². The van der Waals surface area contributed by atoms with Gasteiger partial charge in [-0.25, -0.2) is 0 Å². The molecule has 0 bridgehead atoms. The molecule has 2 aromatic heterocycles. The van der Waals surface area contributed by atoms with Gasteiger partial charge in [0.15, 0.2) is 0 Å². The van der Waals surface area contributed by atoms with E-state index in [-0.39, 0.29) is 0 Å². The van der Waals surface area contributed by atoms with Crippen LogP contribution in [0.25, 0.3) is 93.6 Å². The standard InChI is InChI=1S/C58H38N2O/c1-4-16-40(17-5-1)55-56-50-25-12-10-22-47(50)48-23-11-13-26-51(48)58(56)61-57(55)41-30-35-46(36-31-41)59(43-18-6-2-7-19-43)45-33-28-39(29-34-45)42-32-37-54-52(38-42)49-24-14-15-27-53(49)60(54)44-20-8-3-9-21-44/h1-38H. The zero-order valence-corrected chi connectivity index (χ0v) is 33.2. The van der Waals surface area contributed by atoms with E-state index in [1.807, 2.05) is 0 Å². The minimum absolute atomic E-state index is 0.869. The summed E-state index contributed by atoms with van der Waals surface area (Å²) in [5, 5.41) is 8.37. The van der Waals surface area contributed by atoms with Gasteiger partial charge in [-0.1, -0.05) is 152 Å². The molecule has 0 saturated heterocycles. The van der Waals surface area contributed by atoms with Crippen molar-refractivity contribution in [3.05, 3.63) is 231 Å². The minimum atomic E-state index is 0.869. The molecular weight excluding hydrogens is 741 g/mol. The van der Waals surface area contributed by atoms with Crippen LogP contribution in [0.5, 0.6) is 0 Å². The Morgan fingerprint density at radius 2 is 0.820 bits per heavy atom. The highest BCUT2D eigenvalue weighted by molar-refractivity contribution is 6.28. The Kier molecular flexibility index (Phi) is 8.17. The van der Waals surface area contributed by atoms with Gasteiger partial charge in [-0.05, 0) is 112 Å². The third-order valence-electron chi connectivity index (χ3n) is 12.2. The van der Waals surface area contributed by atoms with Crippen LogP contribution in [0.2, 0.25) is 0 Å². The summed E-state index contributed by atoms with van der Waals surface area (Å²) in [7, 11) is 0. The average molecular weight is 779 g/mol. The first-order chi connectivity index (χ1) is 30.3. The van der Waals surface area contributed by atoms with E-state index in [2.05, 4.69) is 240 Å². The average Bonchev–Trinajstić information content (AvgIpc) is 3.90. The van der Waals surface area contributed by atoms with E-state index in [4.69, 9.17) is 4.42 Å². The van der Waals surface area contributed by atoms with E-state index >= 15 is 0 Å². The SMILES string of the molecule is c1ccc(-c2c(-c3ccc(N(c4ccccc4)c4ccc(-c5ccc6c(c5)c5ccccc5n6-c5ccccc5)cc4)cc3)oc3c4ccccc4c4ccccc4c23)cc1. The smallest absolute Gasteiger partial charge is 0.143 e. The lowest BCUT2D eigenvalue weighted by Crippen LogP contribution is -2.09. The molecule has 0 fully saturated rings. The van der Waals surface area contributed by atoms with Crippen molar-refractivity contribution < 1.29 is 4.42 Å². The Bertz CT molecular complexity index is 3550. The predicted octanol–water partition coefficient (Wildman–Crippen LogP) is 16.3. The van der Waals surface area contributed by atoms with Gasteiger partial charge < -0.3 is 13.9 Å². The van der Waals surface area contributed by atoms with E-state index in [0.717, 1.165) is 61.6 Å². The zero-order chi connectivity index (χ0) is 40.3. The van der Waals surface area contributed by atoms with Gasteiger partial charge in [0.2, 0.25) is 0 Å². The Morgan fingerprint density at radius 3 is 1.51 bits per heavy atom. The van der Waals surface area contributed by atoms with Crippen molar-refractivity contribution in [1.29, 1.82) is 0 Å². The monoisotopic (exact) mass is 778 g/mol. The van der Waals surface area contributed by atoms with E-state index in [9.17, 15) is 0 Å². The lowest BCUT2D eigenvalue weighted by Gasteiger charge is -2.26. The molecule has 0 aliphatic rings. The second-order valence-corrected chi connectivity index (χ2v) is 15.7. The Labute approximate surface area is 353 Å². The highest BCUT2D eigenvalue weighted by Crippen LogP contribution is 2.48. The number of benzene rings is 10. The molecule has 3 nitrogen and oxygen atoms in total. The van der Waals surface area contributed by atoms with Crippen molar-refractivity contribution in [2.24, 2.45) is 0 Å². The van der Waals surface area contributed by atoms with Crippen molar-refractivity contribution in [3.63, 3.8) is 0 Å². The van der Waals surface area contributed by atoms with Gasteiger partial charge in [-0.3, -0.25) is 0 Å². The summed E-state index contributed by atoms with van der Waals surface area (Å²) in [4.78, 5) is 2.32. The summed E-state index contributed by atoms with van der Waals surface area (Å²) in [5.74, 6) is 0.869. The fraction of sp³-hybridized carbons (Fsp3) is 0. The third kappa shape index (κ3) is 5.74. The maximum absolute atomic E-state index is 7.05. The molecule has 0 unspecified atom stereocenters. The molecule has 0 aliphatic heterocycles. The van der Waals surface area contributed by atoms with Gasteiger partial charge in [-0.15, -0.1) is 0 Å². The molecule has 286 valence electrons. The number of para-hydroxylation sites is 3. The van der Waals surface area contributed by atoms with E-state index in [0.29, 0.717) is 0 Å². The van der Waals surface area contributed by atoms with Crippen molar-refractivity contribution in [3.8, 4) is 39.3 Å². The molecule has 61 heavy (non-hydrogen) atoms. The Morgan fingerprint density at radius 1 is 0.328 bits per heavy atom. The topological polar surface area (TPSA) is 21.3 Å². The number of hydrogen-bond acceptors (Lipinski definition) is 2. The van der Waals surface area contributed by atoms with Crippen LogP contribution >= 0.6 is 0 Å². The first kappa shape index (κ1) is 34.9. The molecule has 0 amide bonds. The summed E-state index contributed by atoms with van der Waals surface area (Å²) in [6, 6.07) is 82.5. The fourth-order valence-corrected chi connectivity index (χ4v) is 9.41. The summed E-state index contributed by atoms with van der Waals surface area (Å²) in [6.07, 6.45) is 0. The van der Waals surface area contributed by atoms with Gasteiger partial charge in [0.1, 0.15) is 11.3 Å². The van der Waals surface area contributed by atoms with E-state index in [1.165, 1.54) is 49.1 Å². The number of hydrogen-bond donors (Lipinski definition) is 0. The van der Waals surface area contributed by atoms with Gasteiger partial charge >= 0.3 is 0 Å². The summed E-state index contributed by atoms with van der Waals surface area (Å²) in [5.41, 5.74) is 13.3. The molecule has 10 aromatic carbocycles. The van der Waals surface area contributed by atoms with Crippen LogP contribution in [-0.2, 0) is 0 Å². The van der Waals surface area contributed by atoms with E-state index in [1.54, 1.807) is 0 Å². The van der Waals surface area contributed by atoms with Crippen LogP contribution < -0.4 is 4.90 Å². The number of fused-ring (bicyclic) bond motifs is 9. The summed E-state index contributed by atoms with van der Waals surface area (Å²) in [6.45, 7) is 0. The Balaban J connectivity index is 0.954. The quantitative estimate of drug-likeness (QED) is 0.150. The van der Waals surface area contributed by atoms with Gasteiger partial charge in [0.25, 0.3) is 0 Å². The molecule has 0 aliphatic carbocycles. The second kappa shape index (κ2) is 14.3. The maximum atomic E-state index is 7.05. The number of furan rings is 1. The highest BCUT2D eigenvalue weighted by Gasteiger charge is 2.23. The number of rotatable bonds is 7. The summed E-state index contributed by atoms with van der Waals surface area (Å²) >= 11 is 0. The normalized spacial score (nSPS) is 11.6. The van der Waals surface area contributed by atoms with Gasteiger partial charge in [0.05, 0.1) is 11.0 Å². The number of aromatic nitrogens is 1. The third-order valence-corrected chi connectivity index (χ3v) is 12.2. The predicted molar refractivity (Wildman–Crippen MR) is 257 cm³/mol. The highest BCUT2D eigenvalue weighted by atomic mass is 16.3. The van der Waals surface area contributed by atoms with Crippen molar-refractivity contribution in [1.82, 2.24) is 4.57 Å². The molecule has 0 spiro atoms. The van der Waals surface area contributed by atoms with E-state index < -0.39 is 0 Å². The molecule has 2 heterocycles. The number of anilines is 3. The molecule has 0 atom stereocenters. The molecule has 3 heteroatoms. The molecule has 12 rings (SSSR count).